The standard InChI is InChI=1S/C22H27ClN2O5S/c1-14-6-5-7-15(2)25(14)22(26)18-12-16(23)8-10-19(18)24-31(27,28)21-13-17(29-3)9-11-20(21)30-4/h8-15,24H,5-7H2,1-4H3/t14-,15-/m0/s1. The monoisotopic (exact) mass is 466 g/mol. The molecule has 0 aromatic heterocycles. The number of halogens is 1. The average Bonchev–Trinajstić information content (AvgIpc) is 2.74. The van der Waals surface area contributed by atoms with Gasteiger partial charge < -0.3 is 14.4 Å². The molecule has 0 aliphatic carbocycles. The fourth-order valence-corrected chi connectivity index (χ4v) is 5.37. The highest BCUT2D eigenvalue weighted by Crippen LogP contribution is 2.33. The summed E-state index contributed by atoms with van der Waals surface area (Å²) in [5, 5.41) is 0.350. The lowest BCUT2D eigenvalue weighted by atomic mass is 9.96. The van der Waals surface area contributed by atoms with Gasteiger partial charge in [0.1, 0.15) is 16.4 Å². The van der Waals surface area contributed by atoms with Gasteiger partial charge in [-0.15, -0.1) is 0 Å². The van der Waals surface area contributed by atoms with Crippen molar-refractivity contribution >= 4 is 33.2 Å². The summed E-state index contributed by atoms with van der Waals surface area (Å²) >= 11 is 6.16. The molecule has 0 unspecified atom stereocenters. The van der Waals surface area contributed by atoms with E-state index in [1.54, 1.807) is 17.0 Å². The fourth-order valence-electron chi connectivity index (χ4n) is 3.94. The lowest BCUT2D eigenvalue weighted by Gasteiger charge is -2.39. The molecule has 1 amide bonds. The lowest BCUT2D eigenvalue weighted by molar-refractivity contribution is 0.0512. The molecule has 2 aromatic rings. The van der Waals surface area contributed by atoms with Crippen LogP contribution in [0.4, 0.5) is 5.69 Å². The molecule has 1 N–H and O–H groups in total. The molecule has 168 valence electrons. The topological polar surface area (TPSA) is 84.9 Å². The van der Waals surface area contributed by atoms with Gasteiger partial charge in [0, 0.05) is 23.2 Å². The van der Waals surface area contributed by atoms with Crippen LogP contribution in [-0.2, 0) is 10.0 Å². The Labute approximate surface area is 188 Å². The summed E-state index contributed by atoms with van der Waals surface area (Å²) < 4.78 is 39.3. The number of anilines is 1. The van der Waals surface area contributed by atoms with Crippen molar-refractivity contribution < 1.29 is 22.7 Å². The zero-order valence-electron chi connectivity index (χ0n) is 18.0. The van der Waals surface area contributed by atoms with Crippen molar-refractivity contribution in [3.63, 3.8) is 0 Å². The Hall–Kier alpha value is -2.45. The van der Waals surface area contributed by atoms with Crippen LogP contribution < -0.4 is 14.2 Å². The summed E-state index contributed by atoms with van der Waals surface area (Å²) in [5.41, 5.74) is 0.364. The number of amides is 1. The molecule has 1 saturated heterocycles. The van der Waals surface area contributed by atoms with Crippen LogP contribution in [0.5, 0.6) is 11.5 Å². The number of nitrogens with one attached hydrogen (secondary N) is 1. The summed E-state index contributed by atoms with van der Waals surface area (Å²) in [7, 11) is -1.25. The first-order valence-electron chi connectivity index (χ1n) is 10.0. The molecule has 1 heterocycles. The molecule has 9 heteroatoms. The molecule has 2 atom stereocenters. The van der Waals surface area contributed by atoms with E-state index in [1.165, 1.54) is 38.5 Å². The molecule has 1 fully saturated rings. The Morgan fingerprint density at radius 1 is 1.06 bits per heavy atom. The van der Waals surface area contributed by atoms with Crippen molar-refractivity contribution in [2.24, 2.45) is 0 Å². The molecule has 1 aliphatic rings. The minimum atomic E-state index is -4.08. The van der Waals surface area contributed by atoms with Gasteiger partial charge in [-0.25, -0.2) is 8.42 Å². The maximum absolute atomic E-state index is 13.4. The molecule has 0 spiro atoms. The van der Waals surface area contributed by atoms with Crippen molar-refractivity contribution in [2.75, 3.05) is 18.9 Å². The number of nitrogens with zero attached hydrogens (tertiary/aromatic N) is 1. The predicted molar refractivity (Wildman–Crippen MR) is 121 cm³/mol. The first kappa shape index (κ1) is 23.2. The third-order valence-electron chi connectivity index (χ3n) is 5.54. The number of hydrogen-bond donors (Lipinski definition) is 1. The zero-order valence-corrected chi connectivity index (χ0v) is 19.6. The van der Waals surface area contributed by atoms with E-state index in [9.17, 15) is 13.2 Å². The molecule has 31 heavy (non-hydrogen) atoms. The van der Waals surface area contributed by atoms with Crippen LogP contribution in [0.25, 0.3) is 0 Å². The van der Waals surface area contributed by atoms with Gasteiger partial charge in [-0.05, 0) is 63.4 Å². The molecule has 0 radical (unpaired) electrons. The molecule has 0 saturated carbocycles. The number of benzene rings is 2. The third-order valence-corrected chi connectivity index (χ3v) is 7.17. The van der Waals surface area contributed by atoms with Crippen molar-refractivity contribution in [3.05, 3.63) is 47.0 Å². The van der Waals surface area contributed by atoms with Crippen LogP contribution >= 0.6 is 11.6 Å². The molecule has 0 bridgehead atoms. The van der Waals surface area contributed by atoms with Gasteiger partial charge in [0.15, 0.2) is 0 Å². The number of methoxy groups -OCH3 is 2. The Morgan fingerprint density at radius 3 is 2.35 bits per heavy atom. The number of ether oxygens (including phenoxy) is 2. The van der Waals surface area contributed by atoms with E-state index in [-0.39, 0.29) is 39.9 Å². The number of sulfonamides is 1. The second kappa shape index (κ2) is 9.36. The van der Waals surface area contributed by atoms with Crippen molar-refractivity contribution in [3.8, 4) is 11.5 Å². The van der Waals surface area contributed by atoms with Gasteiger partial charge in [-0.3, -0.25) is 9.52 Å². The Kier molecular flexibility index (Phi) is 7.01. The summed E-state index contributed by atoms with van der Waals surface area (Å²) in [6, 6.07) is 9.14. The highest BCUT2D eigenvalue weighted by atomic mass is 35.5. The van der Waals surface area contributed by atoms with E-state index in [4.69, 9.17) is 21.1 Å². The first-order chi connectivity index (χ1) is 14.7. The second-order valence-corrected chi connectivity index (χ2v) is 9.74. The van der Waals surface area contributed by atoms with Crippen molar-refractivity contribution in [1.82, 2.24) is 4.90 Å². The smallest absolute Gasteiger partial charge is 0.265 e. The highest BCUT2D eigenvalue weighted by molar-refractivity contribution is 7.92. The number of piperidine rings is 1. The molecule has 3 rings (SSSR count). The number of carbonyl (C=O) groups excluding carboxylic acids is 1. The normalized spacial score (nSPS) is 19.1. The van der Waals surface area contributed by atoms with E-state index in [1.807, 2.05) is 13.8 Å². The number of rotatable bonds is 6. The van der Waals surface area contributed by atoms with Crippen LogP contribution in [0.2, 0.25) is 5.02 Å². The van der Waals surface area contributed by atoms with E-state index in [2.05, 4.69) is 4.72 Å². The minimum absolute atomic E-state index is 0.0539. The van der Waals surface area contributed by atoms with Gasteiger partial charge in [-0.2, -0.15) is 0 Å². The van der Waals surface area contributed by atoms with Crippen LogP contribution in [0.1, 0.15) is 43.5 Å². The van der Waals surface area contributed by atoms with Crippen molar-refractivity contribution in [2.45, 2.75) is 50.1 Å². The van der Waals surface area contributed by atoms with Crippen LogP contribution in [0.15, 0.2) is 41.3 Å². The number of hydrogen-bond acceptors (Lipinski definition) is 5. The molecular formula is C22H27ClN2O5S. The maximum atomic E-state index is 13.4. The van der Waals surface area contributed by atoms with Crippen LogP contribution in [-0.4, -0.2) is 45.5 Å². The highest BCUT2D eigenvalue weighted by Gasteiger charge is 2.32. The van der Waals surface area contributed by atoms with E-state index < -0.39 is 10.0 Å². The minimum Gasteiger partial charge on any atom is -0.497 e. The second-order valence-electron chi connectivity index (χ2n) is 7.65. The maximum Gasteiger partial charge on any atom is 0.265 e. The zero-order chi connectivity index (χ0) is 22.8. The molecule has 1 aliphatic heterocycles. The van der Waals surface area contributed by atoms with Gasteiger partial charge in [0.2, 0.25) is 0 Å². The van der Waals surface area contributed by atoms with E-state index in [0.29, 0.717) is 10.8 Å². The van der Waals surface area contributed by atoms with Crippen LogP contribution in [0, 0.1) is 0 Å². The third kappa shape index (κ3) is 4.91. The molecule has 2 aromatic carbocycles. The first-order valence-corrected chi connectivity index (χ1v) is 11.9. The van der Waals surface area contributed by atoms with Gasteiger partial charge in [0.05, 0.1) is 25.5 Å². The van der Waals surface area contributed by atoms with E-state index >= 15 is 0 Å². The summed E-state index contributed by atoms with van der Waals surface area (Å²) in [6.07, 6.45) is 2.86. The van der Waals surface area contributed by atoms with E-state index in [0.717, 1.165) is 19.3 Å². The Balaban J connectivity index is 2.02. The van der Waals surface area contributed by atoms with Gasteiger partial charge in [0.25, 0.3) is 15.9 Å². The Bertz CT molecular complexity index is 1060. The number of carbonyl (C=O) groups is 1. The Morgan fingerprint density at radius 2 is 1.74 bits per heavy atom. The quantitative estimate of drug-likeness (QED) is 0.674. The molecule has 7 nitrogen and oxygen atoms in total. The van der Waals surface area contributed by atoms with Crippen LogP contribution in [0.3, 0.4) is 0 Å². The lowest BCUT2D eigenvalue weighted by Crippen LogP contribution is -2.47. The molecular weight excluding hydrogens is 440 g/mol. The average molecular weight is 467 g/mol. The summed E-state index contributed by atoms with van der Waals surface area (Å²) in [5.74, 6) is 0.274. The van der Waals surface area contributed by atoms with Gasteiger partial charge >= 0.3 is 0 Å². The largest absolute Gasteiger partial charge is 0.497 e. The fraction of sp³-hybridized carbons (Fsp3) is 0.409. The summed E-state index contributed by atoms with van der Waals surface area (Å²) in [4.78, 5) is 15.1. The van der Waals surface area contributed by atoms with Crippen molar-refractivity contribution in [1.29, 1.82) is 0 Å². The predicted octanol–water partition coefficient (Wildman–Crippen LogP) is 4.56. The SMILES string of the molecule is COc1ccc(OC)c(S(=O)(=O)Nc2ccc(Cl)cc2C(=O)N2[C@@H](C)CCC[C@@H]2C)c1. The number of likely N-dealkylation sites (tertiary alicyclic amines) is 1. The van der Waals surface area contributed by atoms with Gasteiger partial charge in [-0.1, -0.05) is 11.6 Å². The summed E-state index contributed by atoms with van der Waals surface area (Å²) in [6.45, 7) is 4.01.